The summed E-state index contributed by atoms with van der Waals surface area (Å²) in [5.74, 6) is -1.66. The van der Waals surface area contributed by atoms with Gasteiger partial charge in [-0.1, -0.05) is 45.9 Å². The summed E-state index contributed by atoms with van der Waals surface area (Å²) in [6.45, 7) is 3.21. The van der Waals surface area contributed by atoms with Crippen LogP contribution in [0, 0.1) is 0 Å². The smallest absolute Gasteiger partial charge is 0.328 e. The van der Waals surface area contributed by atoms with Gasteiger partial charge in [-0.2, -0.15) is 0 Å². The molecule has 0 saturated heterocycles. The molecule has 0 aliphatic carbocycles. The summed E-state index contributed by atoms with van der Waals surface area (Å²) >= 11 is 0. The normalized spacial score (nSPS) is 12.4. The van der Waals surface area contributed by atoms with E-state index in [0.717, 1.165) is 31.6 Å². The van der Waals surface area contributed by atoms with Crippen LogP contribution in [0.15, 0.2) is 70.7 Å². The molecule has 0 fully saturated rings. The first-order valence-electron chi connectivity index (χ1n) is 12.9. The fourth-order valence-electron chi connectivity index (χ4n) is 4.14. The minimum atomic E-state index is -0.732. The van der Waals surface area contributed by atoms with Crippen LogP contribution in [-0.4, -0.2) is 83.9 Å². The van der Waals surface area contributed by atoms with E-state index in [1.54, 1.807) is 40.1 Å². The summed E-state index contributed by atoms with van der Waals surface area (Å²) in [6.07, 6.45) is 3.02. The maximum atomic E-state index is 13.0. The minimum absolute atomic E-state index is 0.333. The van der Waals surface area contributed by atoms with Gasteiger partial charge < -0.3 is 19.3 Å². The van der Waals surface area contributed by atoms with Crippen molar-refractivity contribution < 1.29 is 28.7 Å². The number of ether oxygens (including phenoxy) is 2. The number of esters is 2. The maximum absolute atomic E-state index is 13.0. The Balaban J connectivity index is 1.54. The molecule has 4 aromatic rings. The number of pyridine rings is 2. The van der Waals surface area contributed by atoms with Gasteiger partial charge in [0.1, 0.15) is 12.1 Å². The molecule has 0 aliphatic rings. The molecular weight excluding hydrogens is 576 g/mol. The van der Waals surface area contributed by atoms with Gasteiger partial charge >= 0.3 is 11.9 Å². The van der Waals surface area contributed by atoms with Crippen LogP contribution >= 0.6 is 21.6 Å². The number of aromatic nitrogens is 2. The van der Waals surface area contributed by atoms with Crippen LogP contribution in [0.25, 0.3) is 21.8 Å². The summed E-state index contributed by atoms with van der Waals surface area (Å²) in [4.78, 5) is 63.3. The van der Waals surface area contributed by atoms with E-state index < -0.39 is 24.0 Å². The molecule has 2 aromatic carbocycles. The van der Waals surface area contributed by atoms with Gasteiger partial charge in [-0.25, -0.2) is 9.59 Å². The first kappa shape index (κ1) is 30.8. The second-order valence-electron chi connectivity index (χ2n) is 9.50. The fraction of sp³-hybridized carbons (Fsp3) is 0.267. The molecule has 0 aliphatic heterocycles. The Hall–Kier alpha value is -4.16. The number of hydrogen-bond acceptors (Lipinski definition) is 10. The number of fused-ring (bicyclic) bond motifs is 2. The van der Waals surface area contributed by atoms with Gasteiger partial charge in [0, 0.05) is 47.1 Å². The van der Waals surface area contributed by atoms with Crippen molar-refractivity contribution in [2.75, 3.05) is 28.3 Å². The number of nitrogens with zero attached hydrogens (tertiary/aromatic N) is 4. The fourth-order valence-corrected chi connectivity index (χ4v) is 6.43. The second kappa shape index (κ2) is 13.2. The van der Waals surface area contributed by atoms with Gasteiger partial charge in [-0.05, 0) is 38.1 Å². The van der Waals surface area contributed by atoms with Crippen LogP contribution in [0.1, 0.15) is 34.6 Å². The number of likely N-dealkylation sites (N-methyl/N-ethyl adjacent to an activating group) is 2. The molecule has 0 radical (unpaired) electrons. The number of hydrogen-bond donors (Lipinski definition) is 0. The Kier molecular flexibility index (Phi) is 9.69. The minimum Gasteiger partial charge on any atom is -0.467 e. The first-order valence-corrected chi connectivity index (χ1v) is 15.0. The molecule has 0 unspecified atom stereocenters. The van der Waals surface area contributed by atoms with Crippen molar-refractivity contribution in [2.45, 2.75) is 35.7 Å². The first-order chi connectivity index (χ1) is 20.1. The van der Waals surface area contributed by atoms with Crippen LogP contribution < -0.4 is 0 Å². The molecule has 2 amide bonds. The second-order valence-corrected chi connectivity index (χ2v) is 11.7. The molecule has 2 atom stereocenters. The molecule has 0 bridgehead atoms. The number of carbonyl (C=O) groups is 4. The lowest BCUT2D eigenvalue weighted by Gasteiger charge is -2.22. The van der Waals surface area contributed by atoms with E-state index in [2.05, 4.69) is 9.97 Å². The Morgan fingerprint density at radius 1 is 0.690 bits per heavy atom. The van der Waals surface area contributed by atoms with Crippen molar-refractivity contribution in [3.8, 4) is 0 Å². The summed E-state index contributed by atoms with van der Waals surface area (Å²) in [6, 6.07) is 13.5. The van der Waals surface area contributed by atoms with Crippen molar-refractivity contribution in [3.05, 3.63) is 72.1 Å². The largest absolute Gasteiger partial charge is 0.467 e. The zero-order chi connectivity index (χ0) is 30.6. The van der Waals surface area contributed by atoms with E-state index in [-0.39, 0.29) is 11.8 Å². The third-order valence-electron chi connectivity index (χ3n) is 6.95. The lowest BCUT2D eigenvalue weighted by Crippen LogP contribution is -2.40. The van der Waals surface area contributed by atoms with E-state index in [0.29, 0.717) is 11.1 Å². The summed E-state index contributed by atoms with van der Waals surface area (Å²) in [5, 5.41) is 1.57. The zero-order valence-corrected chi connectivity index (χ0v) is 25.6. The van der Waals surface area contributed by atoms with Crippen molar-refractivity contribution >= 4 is 67.1 Å². The summed E-state index contributed by atoms with van der Waals surface area (Å²) in [7, 11) is 8.68. The van der Waals surface area contributed by atoms with E-state index in [4.69, 9.17) is 9.47 Å². The number of carbonyl (C=O) groups excluding carboxylic acids is 4. The third-order valence-corrected chi connectivity index (χ3v) is 9.38. The van der Waals surface area contributed by atoms with Gasteiger partial charge in [0.2, 0.25) is 0 Å². The molecule has 2 heterocycles. The molecule has 0 N–H and O–H groups in total. The van der Waals surface area contributed by atoms with Crippen LogP contribution in [-0.2, 0) is 19.1 Å². The zero-order valence-electron chi connectivity index (χ0n) is 24.0. The predicted molar refractivity (Wildman–Crippen MR) is 162 cm³/mol. The highest BCUT2D eigenvalue weighted by Crippen LogP contribution is 2.42. The van der Waals surface area contributed by atoms with E-state index in [1.807, 2.05) is 36.4 Å². The average molecular weight is 607 g/mol. The number of amides is 2. The summed E-state index contributed by atoms with van der Waals surface area (Å²) in [5.41, 5.74) is 2.20. The van der Waals surface area contributed by atoms with Crippen LogP contribution in [0.3, 0.4) is 0 Å². The lowest BCUT2D eigenvalue weighted by molar-refractivity contribution is -0.145. The lowest BCUT2D eigenvalue weighted by atomic mass is 10.1. The van der Waals surface area contributed by atoms with Gasteiger partial charge in [0.25, 0.3) is 11.8 Å². The van der Waals surface area contributed by atoms with E-state index in [9.17, 15) is 19.2 Å². The molecule has 12 heteroatoms. The van der Waals surface area contributed by atoms with Crippen LogP contribution in [0.5, 0.6) is 0 Å². The number of rotatable bonds is 9. The van der Waals surface area contributed by atoms with Crippen molar-refractivity contribution in [1.29, 1.82) is 0 Å². The molecule has 0 spiro atoms. The molecule has 42 heavy (non-hydrogen) atoms. The SMILES string of the molecule is COC(=O)[C@H](C)N(C)C(=O)c1cnc2c(SSc3cccc4cc(C(=O)N(C)[C@@H](C)C(=O)OC)cnc34)cccc2c1. The number of methoxy groups -OCH3 is 2. The highest BCUT2D eigenvalue weighted by Gasteiger charge is 2.26. The average Bonchev–Trinajstić information content (AvgIpc) is 3.03. The number of benzene rings is 2. The van der Waals surface area contributed by atoms with Gasteiger partial charge in [0.15, 0.2) is 0 Å². The van der Waals surface area contributed by atoms with Crippen LogP contribution in [0.4, 0.5) is 0 Å². The van der Waals surface area contributed by atoms with Gasteiger partial charge in [-0.15, -0.1) is 0 Å². The maximum Gasteiger partial charge on any atom is 0.328 e. The standard InChI is InChI=1S/C30H30N4O6S2/c1-17(29(37)39-5)33(3)27(35)21-13-19-9-7-11-23(25(19)31-15-21)41-42-24-12-8-10-20-14-22(16-32-26(20)24)28(36)34(4)18(2)30(38)40-6/h7-18H,1-6H3/t17-,18-/m0/s1. The highest BCUT2D eigenvalue weighted by atomic mass is 33.1. The molecule has 0 saturated carbocycles. The third kappa shape index (κ3) is 6.34. The van der Waals surface area contributed by atoms with E-state index in [1.165, 1.54) is 58.0 Å². The topological polar surface area (TPSA) is 119 Å². The molecular formula is C30H30N4O6S2. The van der Waals surface area contributed by atoms with Crippen molar-refractivity contribution in [3.63, 3.8) is 0 Å². The van der Waals surface area contributed by atoms with E-state index >= 15 is 0 Å². The van der Waals surface area contributed by atoms with Gasteiger partial charge in [-0.3, -0.25) is 19.6 Å². The van der Waals surface area contributed by atoms with Crippen LogP contribution in [0.2, 0.25) is 0 Å². The van der Waals surface area contributed by atoms with Gasteiger partial charge in [0.05, 0.1) is 36.4 Å². The number of para-hydroxylation sites is 2. The molecule has 218 valence electrons. The Morgan fingerprint density at radius 3 is 1.43 bits per heavy atom. The Morgan fingerprint density at radius 2 is 1.07 bits per heavy atom. The monoisotopic (exact) mass is 606 g/mol. The molecule has 2 aromatic heterocycles. The molecule has 10 nitrogen and oxygen atoms in total. The summed E-state index contributed by atoms with van der Waals surface area (Å²) < 4.78 is 9.50. The quantitative estimate of drug-likeness (QED) is 0.193. The Bertz CT molecular complexity index is 1560. The van der Waals surface area contributed by atoms with Crippen molar-refractivity contribution in [2.24, 2.45) is 0 Å². The Labute approximate surface area is 251 Å². The predicted octanol–water partition coefficient (Wildman–Crippen LogP) is 4.85. The highest BCUT2D eigenvalue weighted by molar-refractivity contribution is 8.76. The molecule has 4 rings (SSSR count). The van der Waals surface area contributed by atoms with Crippen molar-refractivity contribution in [1.82, 2.24) is 19.8 Å².